The van der Waals surface area contributed by atoms with Crippen molar-refractivity contribution >= 4 is 5.91 Å². The Morgan fingerprint density at radius 1 is 1.08 bits per heavy atom. The molecule has 2 saturated heterocycles. The van der Waals surface area contributed by atoms with Gasteiger partial charge < -0.3 is 9.80 Å². The minimum Gasteiger partial charge on any atom is -0.339 e. The molecule has 2 aliphatic rings. The summed E-state index contributed by atoms with van der Waals surface area (Å²) in [6.45, 7) is 4.28. The van der Waals surface area contributed by atoms with E-state index in [-0.39, 0.29) is 11.6 Å². The van der Waals surface area contributed by atoms with E-state index in [0.29, 0.717) is 18.8 Å². The van der Waals surface area contributed by atoms with Crippen molar-refractivity contribution in [2.45, 2.75) is 51.2 Å². The molecule has 25 heavy (non-hydrogen) atoms. The van der Waals surface area contributed by atoms with Gasteiger partial charge in [0.05, 0.1) is 11.6 Å². The van der Waals surface area contributed by atoms with Crippen LogP contribution in [0.3, 0.4) is 0 Å². The van der Waals surface area contributed by atoms with Crippen molar-refractivity contribution < 1.29 is 18.0 Å². The van der Waals surface area contributed by atoms with Gasteiger partial charge in [0.2, 0.25) is 0 Å². The van der Waals surface area contributed by atoms with E-state index in [0.717, 1.165) is 45.2 Å². The van der Waals surface area contributed by atoms with Crippen molar-refractivity contribution in [2.24, 2.45) is 0 Å². The lowest BCUT2D eigenvalue weighted by molar-refractivity contribution is -0.142. The van der Waals surface area contributed by atoms with Gasteiger partial charge in [-0.25, -0.2) is 0 Å². The second-order valence-corrected chi connectivity index (χ2v) is 7.14. The first kappa shape index (κ1) is 18.2. The van der Waals surface area contributed by atoms with Crippen molar-refractivity contribution in [3.8, 4) is 0 Å². The number of nitrogens with zero attached hydrogens (tertiary/aromatic N) is 4. The Morgan fingerprint density at radius 3 is 2.24 bits per heavy atom. The number of carbonyl (C=O) groups excluding carboxylic acids is 1. The molecule has 0 N–H and O–H groups in total. The molecule has 3 heterocycles. The van der Waals surface area contributed by atoms with Gasteiger partial charge in [-0.05, 0) is 59.2 Å². The number of rotatable bonds is 2. The second kappa shape index (κ2) is 6.97. The van der Waals surface area contributed by atoms with Gasteiger partial charge in [0.25, 0.3) is 5.91 Å². The van der Waals surface area contributed by atoms with Crippen LogP contribution < -0.4 is 0 Å². The van der Waals surface area contributed by atoms with Crippen LogP contribution in [0, 0.1) is 6.92 Å². The molecule has 1 amide bonds. The van der Waals surface area contributed by atoms with Gasteiger partial charge in [0, 0.05) is 18.8 Å². The molecule has 0 bridgehead atoms. The highest BCUT2D eigenvalue weighted by Gasteiger charge is 2.42. The lowest BCUT2D eigenvalue weighted by Gasteiger charge is -2.30. The molecule has 140 valence electrons. The number of piperidine rings is 2. The van der Waals surface area contributed by atoms with E-state index < -0.39 is 17.8 Å². The largest absolute Gasteiger partial charge is 0.435 e. The lowest BCUT2D eigenvalue weighted by atomic mass is 10.0. The monoisotopic (exact) mass is 358 g/mol. The van der Waals surface area contributed by atoms with E-state index in [1.54, 1.807) is 11.8 Å². The van der Waals surface area contributed by atoms with Crippen LogP contribution in [0.25, 0.3) is 0 Å². The number of likely N-dealkylation sites (tertiary alicyclic amines) is 2. The zero-order chi connectivity index (χ0) is 18.2. The zero-order valence-corrected chi connectivity index (χ0v) is 14.8. The van der Waals surface area contributed by atoms with Crippen LogP contribution in [0.4, 0.5) is 13.2 Å². The van der Waals surface area contributed by atoms with Crippen molar-refractivity contribution in [3.63, 3.8) is 0 Å². The van der Waals surface area contributed by atoms with Crippen molar-refractivity contribution in [1.29, 1.82) is 0 Å². The summed E-state index contributed by atoms with van der Waals surface area (Å²) in [4.78, 5) is 16.5. The van der Waals surface area contributed by atoms with E-state index >= 15 is 0 Å². The van der Waals surface area contributed by atoms with E-state index in [2.05, 4.69) is 10.00 Å². The average molecular weight is 358 g/mol. The fraction of sp³-hybridized carbons (Fsp3) is 0.765. The predicted molar refractivity (Wildman–Crippen MR) is 87.5 cm³/mol. The summed E-state index contributed by atoms with van der Waals surface area (Å²) in [5.41, 5.74) is -0.940. The standard InChI is InChI=1S/C17H25F3N4O/c1-12-14(16(25)23-8-4-3-5-9-23)15(17(18,19)20)21-24(12)13-6-10-22(2)11-7-13/h13H,3-11H2,1-2H3. The Bertz CT molecular complexity index is 627. The summed E-state index contributed by atoms with van der Waals surface area (Å²) >= 11 is 0. The molecule has 0 unspecified atom stereocenters. The maximum atomic E-state index is 13.5. The van der Waals surface area contributed by atoms with Gasteiger partial charge >= 0.3 is 6.18 Å². The summed E-state index contributed by atoms with van der Waals surface area (Å²) in [6, 6.07) is -0.0831. The second-order valence-electron chi connectivity index (χ2n) is 7.14. The number of hydrogen-bond acceptors (Lipinski definition) is 3. The molecule has 5 nitrogen and oxygen atoms in total. The smallest absolute Gasteiger partial charge is 0.339 e. The zero-order valence-electron chi connectivity index (χ0n) is 14.8. The molecule has 2 fully saturated rings. The van der Waals surface area contributed by atoms with Crippen LogP contribution >= 0.6 is 0 Å². The third-order valence-corrected chi connectivity index (χ3v) is 5.31. The van der Waals surface area contributed by atoms with E-state index in [4.69, 9.17) is 0 Å². The van der Waals surface area contributed by atoms with Gasteiger partial charge in [-0.1, -0.05) is 0 Å². The topological polar surface area (TPSA) is 41.4 Å². The maximum Gasteiger partial charge on any atom is 0.435 e. The van der Waals surface area contributed by atoms with Crippen LogP contribution in [0.5, 0.6) is 0 Å². The third-order valence-electron chi connectivity index (χ3n) is 5.31. The highest BCUT2D eigenvalue weighted by atomic mass is 19.4. The normalized spacial score (nSPS) is 20.9. The molecule has 1 aromatic heterocycles. The fourth-order valence-corrected chi connectivity index (χ4v) is 3.82. The minimum absolute atomic E-state index is 0.0831. The summed E-state index contributed by atoms with van der Waals surface area (Å²) in [7, 11) is 2.00. The Morgan fingerprint density at radius 2 is 1.68 bits per heavy atom. The van der Waals surface area contributed by atoms with Gasteiger partial charge in [0.15, 0.2) is 5.69 Å². The number of carbonyl (C=O) groups is 1. The Kier molecular flexibility index (Phi) is 5.09. The van der Waals surface area contributed by atoms with E-state index in [9.17, 15) is 18.0 Å². The van der Waals surface area contributed by atoms with Crippen molar-refractivity contribution in [1.82, 2.24) is 19.6 Å². The minimum atomic E-state index is -4.62. The van der Waals surface area contributed by atoms with Crippen molar-refractivity contribution in [2.75, 3.05) is 33.2 Å². The van der Waals surface area contributed by atoms with E-state index in [1.165, 1.54) is 4.68 Å². The number of halogens is 3. The van der Waals surface area contributed by atoms with Crippen molar-refractivity contribution in [3.05, 3.63) is 17.0 Å². The molecule has 8 heteroatoms. The quantitative estimate of drug-likeness (QED) is 0.816. The molecular weight excluding hydrogens is 333 g/mol. The molecule has 2 aliphatic heterocycles. The number of hydrogen-bond donors (Lipinski definition) is 0. The Labute approximate surface area is 145 Å². The Balaban J connectivity index is 1.96. The van der Waals surface area contributed by atoms with Crippen LogP contribution in [0.2, 0.25) is 0 Å². The maximum absolute atomic E-state index is 13.5. The third kappa shape index (κ3) is 3.68. The average Bonchev–Trinajstić information content (AvgIpc) is 2.93. The molecule has 1 aromatic rings. The highest BCUT2D eigenvalue weighted by Crippen LogP contribution is 2.35. The van der Waals surface area contributed by atoms with Gasteiger partial charge in [-0.15, -0.1) is 0 Å². The molecule has 0 aliphatic carbocycles. The highest BCUT2D eigenvalue weighted by molar-refractivity contribution is 5.96. The summed E-state index contributed by atoms with van der Waals surface area (Å²) in [5.74, 6) is -0.524. The number of aromatic nitrogens is 2. The summed E-state index contributed by atoms with van der Waals surface area (Å²) < 4.78 is 42.1. The van der Waals surface area contributed by atoms with Gasteiger partial charge in [-0.3, -0.25) is 9.48 Å². The van der Waals surface area contributed by atoms with Crippen LogP contribution in [0.15, 0.2) is 0 Å². The molecule has 0 atom stereocenters. The van der Waals surface area contributed by atoms with Gasteiger partial charge in [0.1, 0.15) is 0 Å². The first-order valence-corrected chi connectivity index (χ1v) is 8.93. The first-order chi connectivity index (χ1) is 11.8. The Hall–Kier alpha value is -1.57. The molecule has 3 rings (SSSR count). The molecule has 0 radical (unpaired) electrons. The number of alkyl halides is 3. The lowest BCUT2D eigenvalue weighted by Crippen LogP contribution is -2.37. The summed E-state index contributed by atoms with van der Waals surface area (Å²) in [5, 5.41) is 3.87. The van der Waals surface area contributed by atoms with Crippen LogP contribution in [-0.2, 0) is 6.18 Å². The fourth-order valence-electron chi connectivity index (χ4n) is 3.82. The summed E-state index contributed by atoms with van der Waals surface area (Å²) in [6.07, 6.45) is -0.433. The number of amides is 1. The molecule has 0 aromatic carbocycles. The molecule has 0 spiro atoms. The van der Waals surface area contributed by atoms with Crippen LogP contribution in [-0.4, -0.2) is 58.7 Å². The van der Waals surface area contributed by atoms with Gasteiger partial charge in [-0.2, -0.15) is 18.3 Å². The molecular formula is C17H25F3N4O. The molecule has 0 saturated carbocycles. The SMILES string of the molecule is Cc1c(C(=O)N2CCCCC2)c(C(F)(F)F)nn1C1CCN(C)CC1. The van der Waals surface area contributed by atoms with Crippen LogP contribution in [0.1, 0.15) is 59.9 Å². The predicted octanol–water partition coefficient (Wildman–Crippen LogP) is 3.10. The first-order valence-electron chi connectivity index (χ1n) is 8.93. The van der Waals surface area contributed by atoms with E-state index in [1.807, 2.05) is 7.05 Å².